The Kier molecular flexibility index (Phi) is 3.31. The first-order valence-corrected chi connectivity index (χ1v) is 7.01. The fourth-order valence-corrected chi connectivity index (χ4v) is 2.85. The van der Waals surface area contributed by atoms with Crippen LogP contribution in [0.15, 0.2) is 30.6 Å². The van der Waals surface area contributed by atoms with E-state index in [4.69, 9.17) is 13.6 Å². The third kappa shape index (κ3) is 2.30. The van der Waals surface area contributed by atoms with Crippen molar-refractivity contribution >= 4 is 0 Å². The smallest absolute Gasteiger partial charge is 0.346 e. The number of aromatic hydroxyl groups is 1. The Bertz CT molecular complexity index is 845. The van der Waals surface area contributed by atoms with Crippen LogP contribution in [0.3, 0.4) is 0 Å². The minimum atomic E-state index is -0.666. The second-order valence-electron chi connectivity index (χ2n) is 5.61. The van der Waals surface area contributed by atoms with Crippen molar-refractivity contribution in [2.75, 3.05) is 0 Å². The number of aryl methyl sites for hydroxylation is 2. The average Bonchev–Trinajstić information content (AvgIpc) is 2.35. The van der Waals surface area contributed by atoms with Crippen molar-refractivity contribution in [3.63, 3.8) is 0 Å². The number of hydrogen-bond donors (Lipinski definition) is 1. The Morgan fingerprint density at radius 1 is 1.05 bits per heavy atom. The van der Waals surface area contributed by atoms with E-state index < -0.39 is 17.4 Å². The summed E-state index contributed by atoms with van der Waals surface area (Å²) in [5, 5.41) is 10.0. The van der Waals surface area contributed by atoms with Gasteiger partial charge in [0, 0.05) is 12.1 Å². The lowest BCUT2D eigenvalue weighted by Crippen LogP contribution is -2.27. The molecule has 3 rings (SSSR count). The summed E-state index contributed by atoms with van der Waals surface area (Å²) in [6.45, 7) is 5.09. The SMILES string of the molecule is Cc1cc2c(c(=O)o1)[C@H](C)C[C@H](c1c(O)cc(C)oc1=O)O2. The monoisotopic (exact) mass is 304 g/mol. The van der Waals surface area contributed by atoms with Crippen molar-refractivity contribution < 1.29 is 18.7 Å². The first kappa shape index (κ1) is 14.4. The molecule has 0 aromatic carbocycles. The van der Waals surface area contributed by atoms with Gasteiger partial charge in [-0.1, -0.05) is 6.92 Å². The summed E-state index contributed by atoms with van der Waals surface area (Å²) in [6.07, 6.45) is -0.289. The molecule has 22 heavy (non-hydrogen) atoms. The van der Waals surface area contributed by atoms with Gasteiger partial charge < -0.3 is 18.7 Å². The standard InChI is InChI=1S/C16H16O6/c1-7-4-11(14-10(17)5-8(2)20-16(14)19)22-12-6-9(3)21-15(18)13(7)12/h5-7,11,17H,4H2,1-3H3/t7-,11-/m1/s1. The molecule has 6 nitrogen and oxygen atoms in total. The van der Waals surface area contributed by atoms with Crippen LogP contribution in [0.2, 0.25) is 0 Å². The van der Waals surface area contributed by atoms with Crippen LogP contribution in [0.25, 0.3) is 0 Å². The molecule has 2 atom stereocenters. The second-order valence-corrected chi connectivity index (χ2v) is 5.61. The normalized spacial score (nSPS) is 20.3. The Balaban J connectivity index is 2.10. The van der Waals surface area contributed by atoms with E-state index in [2.05, 4.69) is 0 Å². The highest BCUT2D eigenvalue weighted by atomic mass is 16.5. The minimum absolute atomic E-state index is 0.0778. The summed E-state index contributed by atoms with van der Waals surface area (Å²) in [5.74, 6) is 0.820. The maximum atomic E-state index is 12.0. The lowest BCUT2D eigenvalue weighted by molar-refractivity contribution is 0.151. The first-order chi connectivity index (χ1) is 10.4. The first-order valence-electron chi connectivity index (χ1n) is 7.01. The summed E-state index contributed by atoms with van der Waals surface area (Å²) in [6, 6.07) is 3.00. The number of rotatable bonds is 1. The van der Waals surface area contributed by atoms with Gasteiger partial charge in [-0.2, -0.15) is 0 Å². The summed E-state index contributed by atoms with van der Waals surface area (Å²) in [7, 11) is 0. The number of ether oxygens (including phenoxy) is 1. The lowest BCUT2D eigenvalue weighted by Gasteiger charge is -2.29. The molecule has 0 spiro atoms. The van der Waals surface area contributed by atoms with Crippen molar-refractivity contribution in [1.82, 2.24) is 0 Å². The molecule has 0 amide bonds. The van der Waals surface area contributed by atoms with E-state index in [9.17, 15) is 14.7 Å². The van der Waals surface area contributed by atoms with Gasteiger partial charge in [0.25, 0.3) is 0 Å². The van der Waals surface area contributed by atoms with Crippen LogP contribution in [0, 0.1) is 13.8 Å². The van der Waals surface area contributed by atoms with Crippen molar-refractivity contribution in [2.45, 2.75) is 39.2 Å². The van der Waals surface area contributed by atoms with Crippen LogP contribution in [0.5, 0.6) is 11.5 Å². The molecule has 1 aliphatic rings. The summed E-state index contributed by atoms with van der Waals surface area (Å²) in [4.78, 5) is 24.0. The molecule has 6 heteroatoms. The van der Waals surface area contributed by atoms with E-state index in [0.29, 0.717) is 29.3 Å². The molecule has 0 aliphatic carbocycles. The fraction of sp³-hybridized carbons (Fsp3) is 0.375. The molecule has 116 valence electrons. The molecule has 3 heterocycles. The third-order valence-corrected chi connectivity index (χ3v) is 3.81. The zero-order chi connectivity index (χ0) is 16.0. The molecular weight excluding hydrogens is 288 g/mol. The van der Waals surface area contributed by atoms with E-state index >= 15 is 0 Å². The van der Waals surface area contributed by atoms with Crippen LogP contribution < -0.4 is 16.0 Å². The van der Waals surface area contributed by atoms with Crippen LogP contribution in [0.4, 0.5) is 0 Å². The Morgan fingerprint density at radius 2 is 1.64 bits per heavy atom. The van der Waals surface area contributed by atoms with E-state index in [-0.39, 0.29) is 17.2 Å². The van der Waals surface area contributed by atoms with Gasteiger partial charge in [-0.3, -0.25) is 0 Å². The lowest BCUT2D eigenvalue weighted by atomic mass is 9.90. The van der Waals surface area contributed by atoms with Gasteiger partial charge in [0.15, 0.2) is 0 Å². The molecule has 0 unspecified atom stereocenters. The highest BCUT2D eigenvalue weighted by Gasteiger charge is 2.33. The molecular formula is C16H16O6. The highest BCUT2D eigenvalue weighted by molar-refractivity contribution is 5.40. The van der Waals surface area contributed by atoms with Gasteiger partial charge in [0.2, 0.25) is 0 Å². The molecule has 0 fully saturated rings. The summed E-state index contributed by atoms with van der Waals surface area (Å²) in [5.41, 5.74) is -0.522. The van der Waals surface area contributed by atoms with Crippen LogP contribution in [-0.2, 0) is 0 Å². The molecule has 0 bridgehead atoms. The average molecular weight is 304 g/mol. The molecule has 2 aromatic heterocycles. The van der Waals surface area contributed by atoms with Crippen molar-refractivity contribution in [3.8, 4) is 11.5 Å². The third-order valence-electron chi connectivity index (χ3n) is 3.81. The topological polar surface area (TPSA) is 89.9 Å². The quantitative estimate of drug-likeness (QED) is 0.870. The minimum Gasteiger partial charge on any atom is -0.507 e. The Hall–Kier alpha value is -2.50. The van der Waals surface area contributed by atoms with Gasteiger partial charge in [-0.15, -0.1) is 0 Å². The number of hydrogen-bond acceptors (Lipinski definition) is 6. The molecule has 1 N–H and O–H groups in total. The van der Waals surface area contributed by atoms with E-state index in [1.54, 1.807) is 19.9 Å². The van der Waals surface area contributed by atoms with Gasteiger partial charge in [0.1, 0.15) is 34.7 Å². The molecule has 0 radical (unpaired) electrons. The van der Waals surface area contributed by atoms with E-state index in [1.807, 2.05) is 6.92 Å². The van der Waals surface area contributed by atoms with Crippen LogP contribution >= 0.6 is 0 Å². The zero-order valence-corrected chi connectivity index (χ0v) is 12.5. The predicted molar refractivity (Wildman–Crippen MR) is 77.5 cm³/mol. The van der Waals surface area contributed by atoms with Crippen molar-refractivity contribution in [3.05, 3.63) is 55.6 Å². The van der Waals surface area contributed by atoms with Gasteiger partial charge in [-0.05, 0) is 26.2 Å². The Morgan fingerprint density at radius 3 is 2.27 bits per heavy atom. The fourth-order valence-electron chi connectivity index (χ4n) is 2.85. The summed E-state index contributed by atoms with van der Waals surface area (Å²) >= 11 is 0. The van der Waals surface area contributed by atoms with Gasteiger partial charge >= 0.3 is 11.3 Å². The van der Waals surface area contributed by atoms with Gasteiger partial charge in [-0.25, -0.2) is 9.59 Å². The van der Waals surface area contributed by atoms with Crippen molar-refractivity contribution in [2.24, 2.45) is 0 Å². The van der Waals surface area contributed by atoms with E-state index in [0.717, 1.165) is 0 Å². The maximum absolute atomic E-state index is 12.0. The van der Waals surface area contributed by atoms with E-state index in [1.165, 1.54) is 6.07 Å². The zero-order valence-electron chi connectivity index (χ0n) is 12.5. The summed E-state index contributed by atoms with van der Waals surface area (Å²) < 4.78 is 15.9. The molecule has 1 aliphatic heterocycles. The Labute approximate surface area is 126 Å². The largest absolute Gasteiger partial charge is 0.507 e. The molecule has 2 aromatic rings. The van der Waals surface area contributed by atoms with Crippen molar-refractivity contribution in [1.29, 1.82) is 0 Å². The second kappa shape index (κ2) is 5.05. The maximum Gasteiger partial charge on any atom is 0.346 e. The highest BCUT2D eigenvalue weighted by Crippen LogP contribution is 2.41. The van der Waals surface area contributed by atoms with Crippen LogP contribution in [0.1, 0.15) is 48.0 Å². The van der Waals surface area contributed by atoms with Crippen LogP contribution in [-0.4, -0.2) is 5.11 Å². The predicted octanol–water partition coefficient (Wildman–Crippen LogP) is 2.54. The molecule has 0 saturated carbocycles. The molecule has 0 saturated heterocycles. The number of fused-ring (bicyclic) bond motifs is 1. The van der Waals surface area contributed by atoms with Gasteiger partial charge in [0.05, 0.1) is 5.56 Å².